The summed E-state index contributed by atoms with van der Waals surface area (Å²) in [4.78, 5) is 17.5. The van der Waals surface area contributed by atoms with Gasteiger partial charge in [-0.05, 0) is 24.9 Å². The van der Waals surface area contributed by atoms with Gasteiger partial charge in [-0.3, -0.25) is 9.78 Å². The van der Waals surface area contributed by atoms with Crippen molar-refractivity contribution in [3.05, 3.63) is 29.8 Å². The minimum atomic E-state index is -0.580. The van der Waals surface area contributed by atoms with Gasteiger partial charge in [-0.25, -0.2) is 4.39 Å². The Balaban J connectivity index is 2.84. The van der Waals surface area contributed by atoms with Crippen LogP contribution in [0.1, 0.15) is 30.6 Å². The van der Waals surface area contributed by atoms with E-state index in [1.807, 2.05) is 13.8 Å². The molecule has 0 aliphatic carbocycles. The van der Waals surface area contributed by atoms with Gasteiger partial charge in [0.2, 0.25) is 0 Å². The van der Waals surface area contributed by atoms with Crippen LogP contribution in [0.15, 0.2) is 18.5 Å². The Bertz CT molecular complexity index is 396. The maximum Gasteiger partial charge on any atom is 0.256 e. The average molecular weight is 253 g/mol. The Morgan fingerprint density at radius 2 is 2.28 bits per heavy atom. The highest BCUT2D eigenvalue weighted by Crippen LogP contribution is 2.11. The third-order valence-corrected chi connectivity index (χ3v) is 2.51. The van der Waals surface area contributed by atoms with Crippen LogP contribution in [0.4, 0.5) is 4.39 Å². The lowest BCUT2D eigenvalue weighted by Crippen LogP contribution is -2.36. The Morgan fingerprint density at radius 3 is 2.83 bits per heavy atom. The number of nitrogens with zero attached hydrogens (tertiary/aromatic N) is 2. The van der Waals surface area contributed by atoms with Crippen LogP contribution < -0.4 is 5.73 Å². The van der Waals surface area contributed by atoms with Crippen molar-refractivity contribution in [1.29, 1.82) is 0 Å². The van der Waals surface area contributed by atoms with Gasteiger partial charge in [0.1, 0.15) is 0 Å². The summed E-state index contributed by atoms with van der Waals surface area (Å²) in [6.07, 6.45) is 3.20. The number of nitrogens with two attached hydrogens (primary N) is 1. The molecule has 4 nitrogen and oxygen atoms in total. The minimum Gasteiger partial charge on any atom is -0.338 e. The van der Waals surface area contributed by atoms with E-state index in [4.69, 9.17) is 5.73 Å². The molecule has 18 heavy (non-hydrogen) atoms. The zero-order chi connectivity index (χ0) is 13.5. The predicted molar refractivity (Wildman–Crippen MR) is 68.6 cm³/mol. The molecule has 0 fully saturated rings. The normalized spacial score (nSPS) is 10.7. The summed E-state index contributed by atoms with van der Waals surface area (Å²) in [5.41, 5.74) is 5.53. The highest BCUT2D eigenvalue weighted by Gasteiger charge is 2.19. The van der Waals surface area contributed by atoms with Crippen molar-refractivity contribution < 1.29 is 9.18 Å². The van der Waals surface area contributed by atoms with Crippen LogP contribution >= 0.6 is 0 Å². The van der Waals surface area contributed by atoms with Crippen LogP contribution in [-0.2, 0) is 0 Å². The third-order valence-electron chi connectivity index (χ3n) is 2.51. The molecule has 1 heterocycles. The van der Waals surface area contributed by atoms with Crippen LogP contribution in [-0.4, -0.2) is 35.4 Å². The van der Waals surface area contributed by atoms with E-state index >= 15 is 0 Å². The Morgan fingerprint density at radius 1 is 1.56 bits per heavy atom. The van der Waals surface area contributed by atoms with E-state index in [0.717, 1.165) is 6.20 Å². The zero-order valence-electron chi connectivity index (χ0n) is 10.9. The highest BCUT2D eigenvalue weighted by atomic mass is 19.1. The number of carbonyl (C=O) groups excluding carboxylic acids is 1. The second-order valence-corrected chi connectivity index (χ2v) is 4.64. The van der Waals surface area contributed by atoms with Crippen LogP contribution in [0.2, 0.25) is 0 Å². The van der Waals surface area contributed by atoms with Gasteiger partial charge in [-0.1, -0.05) is 13.8 Å². The van der Waals surface area contributed by atoms with E-state index in [2.05, 4.69) is 4.98 Å². The highest BCUT2D eigenvalue weighted by molar-refractivity contribution is 5.94. The Labute approximate surface area is 107 Å². The molecule has 1 aromatic rings. The molecular weight excluding hydrogens is 233 g/mol. The van der Waals surface area contributed by atoms with E-state index < -0.39 is 5.82 Å². The van der Waals surface area contributed by atoms with E-state index in [0.29, 0.717) is 32.0 Å². The molecule has 0 radical (unpaired) electrons. The lowest BCUT2D eigenvalue weighted by atomic mass is 10.1. The van der Waals surface area contributed by atoms with Crippen molar-refractivity contribution in [3.8, 4) is 0 Å². The van der Waals surface area contributed by atoms with Crippen molar-refractivity contribution in [3.63, 3.8) is 0 Å². The molecule has 0 saturated carbocycles. The standard InChI is InChI=1S/C13H20FN3O/c1-10(2)9-17(7-3-5-15)13(18)11-4-6-16-8-12(11)14/h4,6,8,10H,3,5,7,9,15H2,1-2H3. The molecule has 1 aromatic heterocycles. The number of pyridine rings is 1. The summed E-state index contributed by atoms with van der Waals surface area (Å²) in [6, 6.07) is 1.41. The first kappa shape index (κ1) is 14.6. The van der Waals surface area contributed by atoms with Gasteiger partial charge in [-0.15, -0.1) is 0 Å². The van der Waals surface area contributed by atoms with E-state index in [-0.39, 0.29) is 11.5 Å². The first-order valence-electron chi connectivity index (χ1n) is 6.15. The molecule has 5 heteroatoms. The molecule has 0 saturated heterocycles. The second-order valence-electron chi connectivity index (χ2n) is 4.64. The number of hydrogen-bond donors (Lipinski definition) is 1. The first-order chi connectivity index (χ1) is 8.56. The quantitative estimate of drug-likeness (QED) is 0.839. The van der Waals surface area contributed by atoms with Crippen molar-refractivity contribution in [2.75, 3.05) is 19.6 Å². The Hall–Kier alpha value is -1.49. The largest absolute Gasteiger partial charge is 0.338 e. The summed E-state index contributed by atoms with van der Waals surface area (Å²) in [5, 5.41) is 0. The fraction of sp³-hybridized carbons (Fsp3) is 0.538. The smallest absolute Gasteiger partial charge is 0.256 e. The molecule has 0 spiro atoms. The summed E-state index contributed by atoms with van der Waals surface area (Å²) < 4.78 is 13.5. The average Bonchev–Trinajstić information content (AvgIpc) is 2.34. The summed E-state index contributed by atoms with van der Waals surface area (Å²) >= 11 is 0. The van der Waals surface area contributed by atoms with Gasteiger partial charge in [-0.2, -0.15) is 0 Å². The molecule has 1 amide bonds. The van der Waals surface area contributed by atoms with E-state index in [1.54, 1.807) is 4.90 Å². The molecule has 1 rings (SSSR count). The fourth-order valence-corrected chi connectivity index (χ4v) is 1.72. The maximum absolute atomic E-state index is 13.5. The number of amides is 1. The van der Waals surface area contributed by atoms with E-state index in [1.165, 1.54) is 12.3 Å². The Kier molecular flexibility index (Phi) is 5.71. The number of carbonyl (C=O) groups is 1. The van der Waals surface area contributed by atoms with Gasteiger partial charge in [0.05, 0.1) is 11.8 Å². The van der Waals surface area contributed by atoms with Gasteiger partial charge in [0.25, 0.3) is 5.91 Å². The molecule has 0 aliphatic heterocycles. The summed E-state index contributed by atoms with van der Waals surface area (Å²) in [5.74, 6) is -0.544. The molecular formula is C13H20FN3O. The zero-order valence-corrected chi connectivity index (χ0v) is 10.9. The maximum atomic E-state index is 13.5. The van der Waals surface area contributed by atoms with Crippen molar-refractivity contribution in [1.82, 2.24) is 9.88 Å². The molecule has 0 aromatic carbocycles. The lowest BCUT2D eigenvalue weighted by Gasteiger charge is -2.24. The molecule has 0 bridgehead atoms. The van der Waals surface area contributed by atoms with Crippen molar-refractivity contribution >= 4 is 5.91 Å². The van der Waals surface area contributed by atoms with Crippen LogP contribution in [0.3, 0.4) is 0 Å². The number of aromatic nitrogens is 1. The molecule has 2 N–H and O–H groups in total. The van der Waals surface area contributed by atoms with Crippen LogP contribution in [0.25, 0.3) is 0 Å². The number of rotatable bonds is 6. The number of halogens is 1. The minimum absolute atomic E-state index is 0.0719. The van der Waals surface area contributed by atoms with Gasteiger partial charge >= 0.3 is 0 Å². The predicted octanol–water partition coefficient (Wildman–Crippen LogP) is 1.67. The topological polar surface area (TPSA) is 59.2 Å². The molecule has 100 valence electrons. The molecule has 0 unspecified atom stereocenters. The van der Waals surface area contributed by atoms with Crippen molar-refractivity contribution in [2.45, 2.75) is 20.3 Å². The second kappa shape index (κ2) is 7.06. The monoisotopic (exact) mass is 253 g/mol. The van der Waals surface area contributed by atoms with Crippen molar-refractivity contribution in [2.24, 2.45) is 11.7 Å². The SMILES string of the molecule is CC(C)CN(CCCN)C(=O)c1ccncc1F. The van der Waals surface area contributed by atoms with Crippen LogP contribution in [0, 0.1) is 11.7 Å². The molecule has 0 atom stereocenters. The van der Waals surface area contributed by atoms with Crippen LogP contribution in [0.5, 0.6) is 0 Å². The fourth-order valence-electron chi connectivity index (χ4n) is 1.72. The van der Waals surface area contributed by atoms with Gasteiger partial charge in [0.15, 0.2) is 5.82 Å². The first-order valence-corrected chi connectivity index (χ1v) is 6.15. The summed E-state index contributed by atoms with van der Waals surface area (Å²) in [6.45, 7) is 5.70. The van der Waals surface area contributed by atoms with Gasteiger partial charge in [0, 0.05) is 19.3 Å². The molecule has 0 aliphatic rings. The van der Waals surface area contributed by atoms with E-state index in [9.17, 15) is 9.18 Å². The van der Waals surface area contributed by atoms with Gasteiger partial charge < -0.3 is 10.6 Å². The summed E-state index contributed by atoms with van der Waals surface area (Å²) in [7, 11) is 0. The lowest BCUT2D eigenvalue weighted by molar-refractivity contribution is 0.0730. The number of hydrogen-bond acceptors (Lipinski definition) is 3. The third kappa shape index (κ3) is 4.07.